The number of aryl methyl sites for hydroxylation is 2. The molecular weight excluding hydrogens is 344 g/mol. The number of hydrogen-bond donors (Lipinski definition) is 0. The first-order chi connectivity index (χ1) is 12.7. The fraction of sp³-hybridized carbons (Fsp3) is 0.476. The van der Waals surface area contributed by atoms with Crippen LogP contribution in [0.4, 0.5) is 0 Å². The smallest absolute Gasteiger partial charge is 0.223 e. The van der Waals surface area contributed by atoms with Crippen LogP contribution in [0.3, 0.4) is 0 Å². The van der Waals surface area contributed by atoms with E-state index in [0.717, 1.165) is 57.7 Å². The summed E-state index contributed by atoms with van der Waals surface area (Å²) in [6.07, 6.45) is 3.75. The number of nitrogens with zero attached hydrogens (tertiary/aromatic N) is 2. The van der Waals surface area contributed by atoms with Gasteiger partial charge in [-0.05, 0) is 54.9 Å². The predicted molar refractivity (Wildman–Crippen MR) is 107 cm³/mol. The highest BCUT2D eigenvalue weighted by Crippen LogP contribution is 2.14. The molecule has 1 amide bonds. The molecule has 5 heteroatoms. The molecule has 1 aliphatic heterocycles. The minimum atomic E-state index is 0.302. The third-order valence-electron chi connectivity index (χ3n) is 4.99. The number of rotatable bonds is 8. The molecule has 0 aliphatic carbocycles. The normalized spacial score (nSPS) is 15.2. The number of hydrogen-bond acceptors (Lipinski definition) is 4. The number of thiophene rings is 1. The van der Waals surface area contributed by atoms with Crippen LogP contribution in [0.1, 0.15) is 23.3 Å². The van der Waals surface area contributed by atoms with Crippen molar-refractivity contribution >= 4 is 17.2 Å². The van der Waals surface area contributed by atoms with Crippen LogP contribution in [0.2, 0.25) is 0 Å². The van der Waals surface area contributed by atoms with Gasteiger partial charge in [-0.3, -0.25) is 9.69 Å². The number of benzene rings is 1. The van der Waals surface area contributed by atoms with Gasteiger partial charge >= 0.3 is 0 Å². The minimum Gasteiger partial charge on any atom is -0.497 e. The Labute approximate surface area is 160 Å². The second-order valence-corrected chi connectivity index (χ2v) is 7.79. The van der Waals surface area contributed by atoms with Crippen LogP contribution >= 0.6 is 11.3 Å². The molecule has 4 nitrogen and oxygen atoms in total. The zero-order valence-corrected chi connectivity index (χ0v) is 16.3. The molecule has 0 N–H and O–H groups in total. The van der Waals surface area contributed by atoms with Gasteiger partial charge in [0, 0.05) is 37.5 Å². The summed E-state index contributed by atoms with van der Waals surface area (Å²) in [6, 6.07) is 12.5. The van der Waals surface area contributed by atoms with Gasteiger partial charge in [0.1, 0.15) is 5.75 Å². The van der Waals surface area contributed by atoms with Gasteiger partial charge in [-0.1, -0.05) is 18.2 Å². The van der Waals surface area contributed by atoms with E-state index in [4.69, 9.17) is 4.74 Å². The average Bonchev–Trinajstić information content (AvgIpc) is 3.21. The van der Waals surface area contributed by atoms with E-state index in [1.807, 2.05) is 17.0 Å². The van der Waals surface area contributed by atoms with E-state index in [1.165, 1.54) is 10.4 Å². The molecule has 1 aromatic carbocycles. The second kappa shape index (κ2) is 9.74. The average molecular weight is 373 g/mol. The highest BCUT2D eigenvalue weighted by molar-refractivity contribution is 7.09. The largest absolute Gasteiger partial charge is 0.497 e. The van der Waals surface area contributed by atoms with Crippen molar-refractivity contribution in [1.82, 2.24) is 9.80 Å². The van der Waals surface area contributed by atoms with Crippen LogP contribution < -0.4 is 4.74 Å². The van der Waals surface area contributed by atoms with Crippen LogP contribution in [0.15, 0.2) is 41.8 Å². The molecule has 140 valence electrons. The summed E-state index contributed by atoms with van der Waals surface area (Å²) in [4.78, 5) is 18.2. The van der Waals surface area contributed by atoms with Crippen LogP contribution in [-0.2, 0) is 17.6 Å². The maximum atomic E-state index is 12.4. The second-order valence-electron chi connectivity index (χ2n) is 6.75. The Bertz CT molecular complexity index is 662. The monoisotopic (exact) mass is 372 g/mol. The fourth-order valence-corrected chi connectivity index (χ4v) is 4.07. The first kappa shape index (κ1) is 18.9. The number of amides is 1. The lowest BCUT2D eigenvalue weighted by Crippen LogP contribution is -2.48. The maximum absolute atomic E-state index is 12.4. The highest BCUT2D eigenvalue weighted by Gasteiger charge is 2.20. The van der Waals surface area contributed by atoms with Gasteiger partial charge < -0.3 is 9.64 Å². The van der Waals surface area contributed by atoms with Crippen molar-refractivity contribution < 1.29 is 9.53 Å². The first-order valence-electron chi connectivity index (χ1n) is 9.40. The third kappa shape index (κ3) is 5.58. The quantitative estimate of drug-likeness (QED) is 0.711. The molecule has 1 saturated heterocycles. The Morgan fingerprint density at radius 3 is 2.50 bits per heavy atom. The van der Waals surface area contributed by atoms with Crippen molar-refractivity contribution in [3.63, 3.8) is 0 Å². The Hall–Kier alpha value is -1.85. The molecule has 0 spiro atoms. The van der Waals surface area contributed by atoms with E-state index in [9.17, 15) is 4.79 Å². The third-order valence-corrected chi connectivity index (χ3v) is 5.93. The van der Waals surface area contributed by atoms with Gasteiger partial charge in [0.15, 0.2) is 0 Å². The summed E-state index contributed by atoms with van der Waals surface area (Å²) < 4.78 is 5.20. The minimum absolute atomic E-state index is 0.302. The zero-order valence-electron chi connectivity index (χ0n) is 15.5. The fourth-order valence-electron chi connectivity index (χ4n) is 3.36. The van der Waals surface area contributed by atoms with Crippen molar-refractivity contribution in [1.29, 1.82) is 0 Å². The molecule has 2 aromatic rings. The molecule has 26 heavy (non-hydrogen) atoms. The molecule has 1 aromatic heterocycles. The van der Waals surface area contributed by atoms with Crippen LogP contribution in [0.5, 0.6) is 5.75 Å². The van der Waals surface area contributed by atoms with Crippen LogP contribution in [0.25, 0.3) is 0 Å². The number of piperazine rings is 1. The van der Waals surface area contributed by atoms with E-state index in [-0.39, 0.29) is 0 Å². The summed E-state index contributed by atoms with van der Waals surface area (Å²) >= 11 is 1.74. The number of methoxy groups -OCH3 is 1. The first-order valence-corrected chi connectivity index (χ1v) is 10.3. The van der Waals surface area contributed by atoms with Crippen molar-refractivity contribution in [3.05, 3.63) is 52.2 Å². The summed E-state index contributed by atoms with van der Waals surface area (Å²) in [5.74, 6) is 1.21. The summed E-state index contributed by atoms with van der Waals surface area (Å²) in [7, 11) is 1.70. The van der Waals surface area contributed by atoms with Crippen molar-refractivity contribution in [3.8, 4) is 5.75 Å². The van der Waals surface area contributed by atoms with E-state index in [0.29, 0.717) is 12.3 Å². The van der Waals surface area contributed by atoms with Crippen molar-refractivity contribution in [2.45, 2.75) is 25.7 Å². The van der Waals surface area contributed by atoms with Gasteiger partial charge in [0.2, 0.25) is 5.91 Å². The number of ether oxygens (including phenoxy) is 1. The standard InChI is InChI=1S/C21H28N2O2S/c1-25-19-8-6-18(7-9-19)4-2-12-22-13-15-23(16-14-22)21(24)11-10-20-5-3-17-26-20/h3,5-9,17H,2,4,10-16H2,1H3. The zero-order chi connectivity index (χ0) is 18.2. The van der Waals surface area contributed by atoms with E-state index < -0.39 is 0 Å². The number of carbonyl (C=O) groups excluding carboxylic acids is 1. The molecule has 2 heterocycles. The Kier molecular flexibility index (Phi) is 7.09. The Morgan fingerprint density at radius 2 is 1.85 bits per heavy atom. The Balaban J connectivity index is 1.32. The van der Waals surface area contributed by atoms with E-state index in [1.54, 1.807) is 18.4 Å². The van der Waals surface area contributed by atoms with E-state index in [2.05, 4.69) is 34.5 Å². The van der Waals surface area contributed by atoms with Gasteiger partial charge in [-0.2, -0.15) is 0 Å². The number of carbonyl (C=O) groups is 1. The van der Waals surface area contributed by atoms with E-state index >= 15 is 0 Å². The van der Waals surface area contributed by atoms with Crippen LogP contribution in [-0.4, -0.2) is 55.5 Å². The predicted octanol–water partition coefficient (Wildman–Crippen LogP) is 3.47. The molecule has 0 radical (unpaired) electrons. The van der Waals surface area contributed by atoms with Crippen LogP contribution in [0, 0.1) is 0 Å². The summed E-state index contributed by atoms with van der Waals surface area (Å²) in [5.41, 5.74) is 1.35. The molecule has 1 aliphatic rings. The summed E-state index contributed by atoms with van der Waals surface area (Å²) in [5, 5.41) is 2.07. The van der Waals surface area contributed by atoms with Gasteiger partial charge in [0.05, 0.1) is 7.11 Å². The molecular formula is C21H28N2O2S. The SMILES string of the molecule is COc1ccc(CCCN2CCN(C(=O)CCc3cccs3)CC2)cc1. The molecule has 3 rings (SSSR count). The van der Waals surface area contributed by atoms with Gasteiger partial charge in [-0.25, -0.2) is 0 Å². The molecule has 0 unspecified atom stereocenters. The lowest BCUT2D eigenvalue weighted by atomic mass is 10.1. The molecule has 0 bridgehead atoms. The van der Waals surface area contributed by atoms with Gasteiger partial charge in [-0.15, -0.1) is 11.3 Å². The van der Waals surface area contributed by atoms with Gasteiger partial charge in [0.25, 0.3) is 0 Å². The Morgan fingerprint density at radius 1 is 1.08 bits per heavy atom. The molecule has 0 atom stereocenters. The lowest BCUT2D eigenvalue weighted by molar-refractivity contribution is -0.132. The van der Waals surface area contributed by atoms with Crippen molar-refractivity contribution in [2.24, 2.45) is 0 Å². The topological polar surface area (TPSA) is 32.8 Å². The summed E-state index contributed by atoms with van der Waals surface area (Å²) in [6.45, 7) is 4.82. The van der Waals surface area contributed by atoms with Crippen molar-refractivity contribution in [2.75, 3.05) is 39.8 Å². The highest BCUT2D eigenvalue weighted by atomic mass is 32.1. The molecule has 0 saturated carbocycles. The molecule has 1 fully saturated rings. The lowest BCUT2D eigenvalue weighted by Gasteiger charge is -2.34. The maximum Gasteiger partial charge on any atom is 0.223 e.